The van der Waals surface area contributed by atoms with Crippen LogP contribution in [0.5, 0.6) is 0 Å². The van der Waals surface area contributed by atoms with Crippen LogP contribution in [0.3, 0.4) is 0 Å². The van der Waals surface area contributed by atoms with Gasteiger partial charge < -0.3 is 19.5 Å². The Kier molecular flexibility index (Phi) is 57.9. The van der Waals surface area contributed by atoms with Crippen molar-refractivity contribution >= 4 is 5.97 Å². The Morgan fingerprint density at radius 3 is 0.929 bits per heavy atom. The molecule has 0 aromatic carbocycles. The summed E-state index contributed by atoms with van der Waals surface area (Å²) in [6.07, 6.45) is 64.7. The molecule has 0 aliphatic heterocycles. The molecule has 0 bridgehead atoms. The first-order valence-corrected chi connectivity index (χ1v) is 32.3. The van der Waals surface area contributed by atoms with Crippen molar-refractivity contribution in [1.82, 2.24) is 4.90 Å². The third kappa shape index (κ3) is 50.5. The molecule has 5 nitrogen and oxygen atoms in total. The van der Waals surface area contributed by atoms with Crippen LogP contribution in [-0.4, -0.2) is 55.4 Å². The van der Waals surface area contributed by atoms with Crippen LogP contribution in [0.15, 0.2) is 12.3 Å². The maximum absolute atomic E-state index is 13.3. The van der Waals surface area contributed by atoms with Crippen LogP contribution in [0.4, 0.5) is 0 Å². The van der Waals surface area contributed by atoms with Gasteiger partial charge in [0.05, 0.1) is 24.9 Å². The Labute approximate surface area is 440 Å². The van der Waals surface area contributed by atoms with E-state index in [1.54, 1.807) is 0 Å². The van der Waals surface area contributed by atoms with Gasteiger partial charge in [0.25, 0.3) is 0 Å². The van der Waals surface area contributed by atoms with Crippen LogP contribution < -0.4 is 0 Å². The predicted molar refractivity (Wildman–Crippen MR) is 310 cm³/mol. The lowest BCUT2D eigenvalue weighted by molar-refractivity contribution is -0.149. The van der Waals surface area contributed by atoms with Crippen LogP contribution in [0.1, 0.15) is 349 Å². The quantitative estimate of drug-likeness (QED) is 0.0374. The van der Waals surface area contributed by atoms with Gasteiger partial charge in [-0.25, -0.2) is 0 Å². The molecule has 0 aromatic rings. The lowest BCUT2D eigenvalue weighted by Crippen LogP contribution is -2.27. The molecular weight excluding hydrogens is 859 g/mol. The number of unbranched alkanes of at least 4 members (excludes halogenated alkanes) is 39. The molecule has 0 rings (SSSR count). The number of ether oxygens (including phenoxy) is 2. The summed E-state index contributed by atoms with van der Waals surface area (Å²) in [7, 11) is 0. The van der Waals surface area contributed by atoms with Crippen molar-refractivity contribution in [3.63, 3.8) is 0 Å². The Morgan fingerprint density at radius 2 is 0.600 bits per heavy atom. The standard InChI is InChI=1S/C65H129NO4/c1-6-10-14-18-22-26-28-32-35-43-53-63(52-42-34-30-24-20-16-12-8-3)62(5)69-60-50-40-38-46-56-66(58-48-49-59-67)57-47-39-41-51-61-70-65(68)64(54-44-36-31-25-21-17-13-9-4)55-45-37-33-29-27-23-19-15-11-7-2/h63-64,67H,5-61H2,1-4H3. The first kappa shape index (κ1) is 68.9. The van der Waals surface area contributed by atoms with E-state index in [0.717, 1.165) is 76.9 Å². The van der Waals surface area contributed by atoms with Gasteiger partial charge in [0, 0.05) is 12.5 Å². The van der Waals surface area contributed by atoms with Gasteiger partial charge in [0.2, 0.25) is 0 Å². The molecule has 0 aromatic heterocycles. The maximum Gasteiger partial charge on any atom is 0.308 e. The SMILES string of the molecule is C=C(OCCCCCCN(CCCCO)CCCCCCOC(=O)C(CCCCCCCCCC)CCCCCCCCCCCC)C(CCCCCCCCCC)CCCCCCCCCCCC. The highest BCUT2D eigenvalue weighted by Crippen LogP contribution is 2.27. The summed E-state index contributed by atoms with van der Waals surface area (Å²) in [5.41, 5.74) is 0. The van der Waals surface area contributed by atoms with E-state index >= 15 is 0 Å². The predicted octanol–water partition coefficient (Wildman–Crippen LogP) is 21.2. The van der Waals surface area contributed by atoms with Crippen LogP contribution in [0.2, 0.25) is 0 Å². The Balaban J connectivity index is 4.58. The molecule has 0 aliphatic carbocycles. The van der Waals surface area contributed by atoms with Crippen molar-refractivity contribution in [2.45, 2.75) is 349 Å². The zero-order chi connectivity index (χ0) is 50.9. The first-order chi connectivity index (χ1) is 34.5. The molecule has 0 fully saturated rings. The van der Waals surface area contributed by atoms with Gasteiger partial charge in [-0.05, 0) is 83.8 Å². The molecule has 418 valence electrons. The van der Waals surface area contributed by atoms with Gasteiger partial charge in [-0.1, -0.05) is 291 Å². The molecule has 0 amide bonds. The number of carbonyl (C=O) groups excluding carboxylic acids is 1. The summed E-state index contributed by atoms with van der Waals surface area (Å²) in [6.45, 7) is 18.8. The molecule has 70 heavy (non-hydrogen) atoms. The molecule has 0 spiro atoms. The fraction of sp³-hybridized carbons (Fsp3) is 0.954. The molecular formula is C65H129NO4. The lowest BCUT2D eigenvalue weighted by Gasteiger charge is -2.22. The third-order valence-electron chi connectivity index (χ3n) is 15.6. The average molecular weight is 989 g/mol. The summed E-state index contributed by atoms with van der Waals surface area (Å²) in [5.74, 6) is 1.79. The van der Waals surface area contributed by atoms with Crippen molar-refractivity contribution in [1.29, 1.82) is 0 Å². The highest BCUT2D eigenvalue weighted by atomic mass is 16.5. The van der Waals surface area contributed by atoms with E-state index in [-0.39, 0.29) is 18.5 Å². The second-order valence-electron chi connectivity index (χ2n) is 22.4. The average Bonchev–Trinajstić information content (AvgIpc) is 3.36. The molecule has 5 heteroatoms. The summed E-state index contributed by atoms with van der Waals surface area (Å²) < 4.78 is 12.4. The van der Waals surface area contributed by atoms with Crippen LogP contribution >= 0.6 is 0 Å². The molecule has 0 saturated carbocycles. The fourth-order valence-electron chi connectivity index (χ4n) is 10.6. The van der Waals surface area contributed by atoms with Gasteiger partial charge in [-0.2, -0.15) is 0 Å². The van der Waals surface area contributed by atoms with E-state index < -0.39 is 0 Å². The molecule has 2 unspecified atom stereocenters. The Morgan fingerprint density at radius 1 is 0.343 bits per heavy atom. The number of rotatable bonds is 61. The molecule has 2 atom stereocenters. The number of aliphatic hydroxyl groups is 1. The van der Waals surface area contributed by atoms with Crippen LogP contribution in [0, 0.1) is 11.8 Å². The van der Waals surface area contributed by atoms with Gasteiger partial charge in [0.15, 0.2) is 0 Å². The number of carbonyl (C=O) groups is 1. The summed E-state index contributed by atoms with van der Waals surface area (Å²) >= 11 is 0. The zero-order valence-electron chi connectivity index (χ0n) is 48.6. The number of nitrogens with zero attached hydrogens (tertiary/aromatic N) is 1. The first-order valence-electron chi connectivity index (χ1n) is 32.3. The number of aliphatic hydroxyl groups excluding tert-OH is 1. The van der Waals surface area contributed by atoms with Crippen molar-refractivity contribution in [3.05, 3.63) is 12.3 Å². The number of hydrogen-bond acceptors (Lipinski definition) is 5. The normalized spacial score (nSPS) is 12.5. The van der Waals surface area contributed by atoms with E-state index in [4.69, 9.17) is 9.47 Å². The molecule has 0 heterocycles. The minimum Gasteiger partial charge on any atom is -0.498 e. The Bertz CT molecular complexity index is 944. The van der Waals surface area contributed by atoms with Crippen molar-refractivity contribution < 1.29 is 19.4 Å². The molecule has 0 radical (unpaired) electrons. The minimum atomic E-state index is 0.0864. The minimum absolute atomic E-state index is 0.0864. The van der Waals surface area contributed by atoms with Gasteiger partial charge in [-0.15, -0.1) is 0 Å². The van der Waals surface area contributed by atoms with Gasteiger partial charge in [-0.3, -0.25) is 4.79 Å². The van der Waals surface area contributed by atoms with Crippen molar-refractivity contribution in [3.8, 4) is 0 Å². The zero-order valence-corrected chi connectivity index (χ0v) is 48.6. The monoisotopic (exact) mass is 988 g/mol. The lowest BCUT2D eigenvalue weighted by atomic mass is 9.92. The molecule has 1 N–H and O–H groups in total. The van der Waals surface area contributed by atoms with E-state index in [2.05, 4.69) is 39.2 Å². The maximum atomic E-state index is 13.3. The summed E-state index contributed by atoms with van der Waals surface area (Å²) in [6, 6.07) is 0. The highest BCUT2D eigenvalue weighted by molar-refractivity contribution is 5.72. The second kappa shape index (κ2) is 58.8. The number of allylic oxidation sites excluding steroid dienone is 1. The van der Waals surface area contributed by atoms with E-state index in [1.807, 2.05) is 0 Å². The second-order valence-corrected chi connectivity index (χ2v) is 22.4. The third-order valence-corrected chi connectivity index (χ3v) is 15.6. The fourth-order valence-corrected chi connectivity index (χ4v) is 10.6. The summed E-state index contributed by atoms with van der Waals surface area (Å²) in [5, 5.41) is 9.46. The topological polar surface area (TPSA) is 59.0 Å². The smallest absolute Gasteiger partial charge is 0.308 e. The van der Waals surface area contributed by atoms with Crippen LogP contribution in [-0.2, 0) is 14.3 Å². The van der Waals surface area contributed by atoms with Crippen LogP contribution in [0.25, 0.3) is 0 Å². The highest BCUT2D eigenvalue weighted by Gasteiger charge is 2.20. The molecule has 0 aliphatic rings. The largest absolute Gasteiger partial charge is 0.498 e. The van der Waals surface area contributed by atoms with E-state index in [9.17, 15) is 9.90 Å². The van der Waals surface area contributed by atoms with E-state index in [1.165, 1.54) is 276 Å². The number of esters is 1. The van der Waals surface area contributed by atoms with Gasteiger partial charge in [0.1, 0.15) is 0 Å². The van der Waals surface area contributed by atoms with Crippen molar-refractivity contribution in [2.24, 2.45) is 11.8 Å². The van der Waals surface area contributed by atoms with Gasteiger partial charge >= 0.3 is 5.97 Å². The molecule has 0 saturated heterocycles. The van der Waals surface area contributed by atoms with E-state index in [0.29, 0.717) is 12.5 Å². The van der Waals surface area contributed by atoms with Crippen molar-refractivity contribution in [2.75, 3.05) is 39.5 Å². The summed E-state index contributed by atoms with van der Waals surface area (Å²) in [4.78, 5) is 16.0. The Hall–Kier alpha value is -1.07. The number of hydrogen-bond donors (Lipinski definition) is 1.